The number of likely N-dealkylation sites (N-methyl/N-ethyl adjacent to an activating group) is 1. The summed E-state index contributed by atoms with van der Waals surface area (Å²) in [4.78, 5) is 18.3. The molecule has 1 aromatic carbocycles. The number of benzene rings is 1. The molecule has 0 aliphatic rings. The SMILES string of the molecule is Cc1oc(-c2ccccc2)nc1CC(=O)N(C)CC(C)(CO)CO. The van der Waals surface area contributed by atoms with E-state index in [0.29, 0.717) is 17.3 Å². The molecule has 0 aliphatic heterocycles. The molecule has 0 bridgehead atoms. The Bertz CT molecular complexity index is 678. The van der Waals surface area contributed by atoms with Gasteiger partial charge in [-0.2, -0.15) is 0 Å². The van der Waals surface area contributed by atoms with Crippen molar-refractivity contribution in [3.05, 3.63) is 41.8 Å². The molecular formula is C18H24N2O4. The highest BCUT2D eigenvalue weighted by Gasteiger charge is 2.27. The Labute approximate surface area is 141 Å². The largest absolute Gasteiger partial charge is 0.441 e. The number of amides is 1. The maximum Gasteiger partial charge on any atom is 0.228 e. The fourth-order valence-corrected chi connectivity index (χ4v) is 2.39. The van der Waals surface area contributed by atoms with Gasteiger partial charge in [0.1, 0.15) is 5.76 Å². The van der Waals surface area contributed by atoms with Crippen LogP contribution in [0.15, 0.2) is 34.7 Å². The van der Waals surface area contributed by atoms with Crippen LogP contribution in [0.1, 0.15) is 18.4 Å². The van der Waals surface area contributed by atoms with Gasteiger partial charge in [0.2, 0.25) is 11.8 Å². The predicted molar refractivity (Wildman–Crippen MR) is 90.3 cm³/mol. The number of hydrogen-bond donors (Lipinski definition) is 2. The minimum atomic E-state index is -0.724. The first-order chi connectivity index (χ1) is 11.4. The van der Waals surface area contributed by atoms with Crippen molar-refractivity contribution in [2.45, 2.75) is 20.3 Å². The van der Waals surface area contributed by atoms with Gasteiger partial charge in [-0.05, 0) is 19.1 Å². The molecule has 0 aliphatic carbocycles. The number of oxazole rings is 1. The van der Waals surface area contributed by atoms with Gasteiger partial charge in [0.25, 0.3) is 0 Å². The standard InChI is InChI=1S/C18H24N2O4/c1-13-15(19-17(24-13)14-7-5-4-6-8-14)9-16(23)20(3)10-18(2,11-21)12-22/h4-8,21-22H,9-12H2,1-3H3. The Balaban J connectivity index is 2.08. The Morgan fingerprint density at radius 2 is 1.88 bits per heavy atom. The quantitative estimate of drug-likeness (QED) is 0.805. The van der Waals surface area contributed by atoms with Crippen LogP contribution in [-0.2, 0) is 11.2 Å². The Kier molecular flexibility index (Phi) is 5.75. The van der Waals surface area contributed by atoms with Crippen molar-refractivity contribution in [1.29, 1.82) is 0 Å². The zero-order valence-corrected chi connectivity index (χ0v) is 14.3. The van der Waals surface area contributed by atoms with Crippen molar-refractivity contribution < 1.29 is 19.4 Å². The zero-order chi connectivity index (χ0) is 17.7. The number of aliphatic hydroxyl groups excluding tert-OH is 2. The molecule has 2 rings (SSSR count). The summed E-state index contributed by atoms with van der Waals surface area (Å²) in [6.07, 6.45) is 0.117. The molecule has 1 amide bonds. The average Bonchev–Trinajstić information content (AvgIpc) is 2.96. The second kappa shape index (κ2) is 7.59. The molecule has 6 nitrogen and oxygen atoms in total. The number of aliphatic hydroxyl groups is 2. The first-order valence-electron chi connectivity index (χ1n) is 7.86. The summed E-state index contributed by atoms with van der Waals surface area (Å²) in [5.74, 6) is 0.968. The Morgan fingerprint density at radius 3 is 2.46 bits per heavy atom. The average molecular weight is 332 g/mol. The highest BCUT2D eigenvalue weighted by Crippen LogP contribution is 2.22. The maximum atomic E-state index is 12.4. The van der Waals surface area contributed by atoms with Crippen molar-refractivity contribution in [1.82, 2.24) is 9.88 Å². The normalized spacial score (nSPS) is 11.5. The molecule has 24 heavy (non-hydrogen) atoms. The van der Waals surface area contributed by atoms with Crippen molar-refractivity contribution in [3.8, 4) is 11.5 Å². The highest BCUT2D eigenvalue weighted by atomic mass is 16.4. The van der Waals surface area contributed by atoms with Gasteiger partial charge >= 0.3 is 0 Å². The van der Waals surface area contributed by atoms with E-state index in [1.165, 1.54) is 4.90 Å². The molecule has 0 radical (unpaired) electrons. The predicted octanol–water partition coefficient (Wildman–Crippen LogP) is 1.64. The smallest absolute Gasteiger partial charge is 0.228 e. The van der Waals surface area contributed by atoms with E-state index in [4.69, 9.17) is 4.42 Å². The molecule has 6 heteroatoms. The molecular weight excluding hydrogens is 308 g/mol. The minimum Gasteiger partial charge on any atom is -0.441 e. The first kappa shape index (κ1) is 18.2. The van der Waals surface area contributed by atoms with E-state index in [0.717, 1.165) is 5.56 Å². The van der Waals surface area contributed by atoms with E-state index >= 15 is 0 Å². The summed E-state index contributed by atoms with van der Waals surface area (Å²) in [5, 5.41) is 18.7. The van der Waals surface area contributed by atoms with Gasteiger partial charge in [-0.1, -0.05) is 25.1 Å². The summed E-state index contributed by atoms with van der Waals surface area (Å²) < 4.78 is 5.66. The fourth-order valence-electron chi connectivity index (χ4n) is 2.39. The van der Waals surface area contributed by atoms with Crippen LogP contribution in [0.3, 0.4) is 0 Å². The number of aromatic nitrogens is 1. The maximum absolute atomic E-state index is 12.4. The summed E-state index contributed by atoms with van der Waals surface area (Å²) in [7, 11) is 1.65. The van der Waals surface area contributed by atoms with E-state index in [1.54, 1.807) is 20.9 Å². The lowest BCUT2D eigenvalue weighted by atomic mass is 9.92. The molecule has 0 fully saturated rings. The number of aryl methyl sites for hydroxylation is 1. The third kappa shape index (κ3) is 4.21. The topological polar surface area (TPSA) is 86.8 Å². The molecule has 130 valence electrons. The van der Waals surface area contributed by atoms with Gasteiger partial charge in [0, 0.05) is 24.6 Å². The third-order valence-electron chi connectivity index (χ3n) is 4.04. The monoisotopic (exact) mass is 332 g/mol. The summed E-state index contributed by atoms with van der Waals surface area (Å²) in [6, 6.07) is 9.52. The third-order valence-corrected chi connectivity index (χ3v) is 4.04. The summed E-state index contributed by atoms with van der Waals surface area (Å²) >= 11 is 0. The molecule has 1 aromatic heterocycles. The van der Waals surface area contributed by atoms with Crippen LogP contribution in [0.2, 0.25) is 0 Å². The highest BCUT2D eigenvalue weighted by molar-refractivity contribution is 5.78. The van der Waals surface area contributed by atoms with E-state index in [2.05, 4.69) is 4.98 Å². The lowest BCUT2D eigenvalue weighted by molar-refractivity contribution is -0.131. The number of carbonyl (C=O) groups excluding carboxylic acids is 1. The van der Waals surface area contributed by atoms with Crippen LogP contribution in [0.4, 0.5) is 0 Å². The van der Waals surface area contributed by atoms with Crippen molar-refractivity contribution in [3.63, 3.8) is 0 Å². The van der Waals surface area contributed by atoms with Gasteiger partial charge < -0.3 is 19.5 Å². The van der Waals surface area contributed by atoms with E-state index in [-0.39, 0.29) is 32.1 Å². The number of nitrogens with zero attached hydrogens (tertiary/aromatic N) is 2. The number of rotatable bonds is 7. The van der Waals surface area contributed by atoms with Gasteiger partial charge in [-0.25, -0.2) is 4.98 Å². The van der Waals surface area contributed by atoms with Crippen LogP contribution < -0.4 is 0 Å². The van der Waals surface area contributed by atoms with Crippen LogP contribution in [0, 0.1) is 12.3 Å². The van der Waals surface area contributed by atoms with Crippen molar-refractivity contribution >= 4 is 5.91 Å². The number of hydrogen-bond acceptors (Lipinski definition) is 5. The van der Waals surface area contributed by atoms with Crippen molar-refractivity contribution in [2.75, 3.05) is 26.8 Å². The Hall–Kier alpha value is -2.18. The zero-order valence-electron chi connectivity index (χ0n) is 14.3. The van der Waals surface area contributed by atoms with E-state index < -0.39 is 5.41 Å². The molecule has 0 unspecified atom stereocenters. The molecule has 0 atom stereocenters. The Morgan fingerprint density at radius 1 is 1.25 bits per heavy atom. The van der Waals surface area contributed by atoms with E-state index in [9.17, 15) is 15.0 Å². The molecule has 2 N–H and O–H groups in total. The van der Waals surface area contributed by atoms with Crippen LogP contribution in [-0.4, -0.2) is 52.8 Å². The second-order valence-electron chi connectivity index (χ2n) is 6.44. The summed E-state index contributed by atoms with van der Waals surface area (Å²) in [5.41, 5.74) is 0.736. The van der Waals surface area contributed by atoms with Crippen molar-refractivity contribution in [2.24, 2.45) is 5.41 Å². The molecule has 1 heterocycles. The first-order valence-corrected chi connectivity index (χ1v) is 7.86. The van der Waals surface area contributed by atoms with Crippen LogP contribution in [0.25, 0.3) is 11.5 Å². The molecule has 0 spiro atoms. The van der Waals surface area contributed by atoms with Crippen LogP contribution >= 0.6 is 0 Å². The molecule has 2 aromatic rings. The molecule has 0 saturated carbocycles. The lowest BCUT2D eigenvalue weighted by Gasteiger charge is -2.30. The minimum absolute atomic E-state index is 0.117. The molecule has 0 saturated heterocycles. The van der Waals surface area contributed by atoms with Gasteiger partial charge in [-0.3, -0.25) is 4.79 Å². The van der Waals surface area contributed by atoms with Gasteiger partial charge in [0.15, 0.2) is 0 Å². The van der Waals surface area contributed by atoms with E-state index in [1.807, 2.05) is 30.3 Å². The van der Waals surface area contributed by atoms with Crippen LogP contribution in [0.5, 0.6) is 0 Å². The summed E-state index contributed by atoms with van der Waals surface area (Å²) in [6.45, 7) is 3.39. The number of carbonyl (C=O) groups is 1. The van der Waals surface area contributed by atoms with Gasteiger partial charge in [-0.15, -0.1) is 0 Å². The van der Waals surface area contributed by atoms with Gasteiger partial charge in [0.05, 0.1) is 25.3 Å². The second-order valence-corrected chi connectivity index (χ2v) is 6.44. The lowest BCUT2D eigenvalue weighted by Crippen LogP contribution is -2.42. The fraction of sp³-hybridized carbons (Fsp3) is 0.444.